The van der Waals surface area contributed by atoms with Gasteiger partial charge in [-0.3, -0.25) is 4.98 Å². The van der Waals surface area contributed by atoms with E-state index >= 15 is 0 Å². The van der Waals surface area contributed by atoms with Gasteiger partial charge in [0, 0.05) is 42.8 Å². The van der Waals surface area contributed by atoms with Gasteiger partial charge in [0.1, 0.15) is 5.82 Å². The van der Waals surface area contributed by atoms with Crippen LogP contribution in [0.15, 0.2) is 73.2 Å². The second-order valence-electron chi connectivity index (χ2n) is 6.81. The highest BCUT2D eigenvalue weighted by molar-refractivity contribution is 6.33. The fourth-order valence-electron chi connectivity index (χ4n) is 3.18. The van der Waals surface area contributed by atoms with E-state index in [0.717, 1.165) is 34.6 Å². The van der Waals surface area contributed by atoms with Crippen LogP contribution < -0.4 is 5.32 Å². The standard InChI is InChI=1S/C23H20ClFN4/c1-16-12-26-11-10-17(16)13-27-14-18-15-29(20-8-6-19(25)7-9-20)28-23(18)21-4-2-3-5-22(21)24/h2-12,15,27H,13-14H2,1H3. The van der Waals surface area contributed by atoms with Crippen molar-refractivity contribution >= 4 is 11.6 Å². The number of halogens is 2. The van der Waals surface area contributed by atoms with Gasteiger partial charge >= 0.3 is 0 Å². The van der Waals surface area contributed by atoms with Crippen LogP contribution in [0.5, 0.6) is 0 Å². The number of hydrogen-bond acceptors (Lipinski definition) is 3. The van der Waals surface area contributed by atoms with Crippen LogP contribution in [-0.2, 0) is 13.1 Å². The Morgan fingerprint density at radius 2 is 1.76 bits per heavy atom. The van der Waals surface area contributed by atoms with E-state index in [2.05, 4.69) is 10.3 Å². The molecule has 0 saturated heterocycles. The van der Waals surface area contributed by atoms with Crippen LogP contribution in [0, 0.1) is 12.7 Å². The van der Waals surface area contributed by atoms with Crippen molar-refractivity contribution < 1.29 is 4.39 Å². The first-order valence-corrected chi connectivity index (χ1v) is 9.69. The third kappa shape index (κ3) is 4.36. The Morgan fingerprint density at radius 3 is 2.52 bits per heavy atom. The number of pyridine rings is 1. The normalized spacial score (nSPS) is 11.0. The van der Waals surface area contributed by atoms with E-state index in [1.165, 1.54) is 17.7 Å². The lowest BCUT2D eigenvalue weighted by Crippen LogP contribution is -2.13. The second kappa shape index (κ2) is 8.55. The first kappa shape index (κ1) is 19.3. The lowest BCUT2D eigenvalue weighted by Gasteiger charge is -2.08. The van der Waals surface area contributed by atoms with Gasteiger partial charge in [0.25, 0.3) is 0 Å². The van der Waals surface area contributed by atoms with Gasteiger partial charge in [-0.25, -0.2) is 9.07 Å². The van der Waals surface area contributed by atoms with Crippen molar-refractivity contribution in [3.63, 3.8) is 0 Å². The first-order chi connectivity index (χ1) is 14.1. The molecule has 2 aromatic heterocycles. The fraction of sp³-hybridized carbons (Fsp3) is 0.130. The Balaban J connectivity index is 1.64. The molecule has 0 aliphatic heterocycles. The molecule has 0 fully saturated rings. The van der Waals surface area contributed by atoms with Crippen LogP contribution in [-0.4, -0.2) is 14.8 Å². The summed E-state index contributed by atoms with van der Waals surface area (Å²) in [4.78, 5) is 4.14. The van der Waals surface area contributed by atoms with Crippen LogP contribution >= 0.6 is 11.6 Å². The lowest BCUT2D eigenvalue weighted by molar-refractivity contribution is 0.627. The van der Waals surface area contributed by atoms with Gasteiger partial charge in [-0.05, 0) is 54.4 Å². The predicted molar refractivity (Wildman–Crippen MR) is 113 cm³/mol. The minimum atomic E-state index is -0.276. The molecule has 0 spiro atoms. The van der Waals surface area contributed by atoms with Gasteiger partial charge in [0.15, 0.2) is 0 Å². The molecule has 0 saturated carbocycles. The van der Waals surface area contributed by atoms with E-state index in [0.29, 0.717) is 11.6 Å². The topological polar surface area (TPSA) is 42.7 Å². The highest BCUT2D eigenvalue weighted by Crippen LogP contribution is 2.30. The fourth-order valence-corrected chi connectivity index (χ4v) is 3.40. The van der Waals surface area contributed by atoms with Crippen LogP contribution in [0.25, 0.3) is 16.9 Å². The third-order valence-electron chi connectivity index (χ3n) is 4.78. The third-order valence-corrected chi connectivity index (χ3v) is 5.11. The molecule has 6 heteroatoms. The van der Waals surface area contributed by atoms with Crippen LogP contribution in [0.1, 0.15) is 16.7 Å². The van der Waals surface area contributed by atoms with Crippen molar-refractivity contribution in [3.8, 4) is 16.9 Å². The molecule has 0 aliphatic carbocycles. The van der Waals surface area contributed by atoms with Crippen molar-refractivity contribution in [2.45, 2.75) is 20.0 Å². The van der Waals surface area contributed by atoms with Gasteiger partial charge in [-0.15, -0.1) is 0 Å². The van der Waals surface area contributed by atoms with Crippen LogP contribution in [0.2, 0.25) is 5.02 Å². The molecule has 1 N–H and O–H groups in total. The average Bonchev–Trinajstić information content (AvgIpc) is 3.14. The lowest BCUT2D eigenvalue weighted by atomic mass is 10.1. The zero-order valence-corrected chi connectivity index (χ0v) is 16.7. The summed E-state index contributed by atoms with van der Waals surface area (Å²) in [5.74, 6) is -0.276. The Hall–Kier alpha value is -3.02. The van der Waals surface area contributed by atoms with Gasteiger partial charge in [0.05, 0.1) is 16.4 Å². The highest BCUT2D eigenvalue weighted by atomic mass is 35.5. The Labute approximate surface area is 174 Å². The molecule has 0 radical (unpaired) electrons. The van der Waals surface area contributed by atoms with Gasteiger partial charge in [-0.2, -0.15) is 5.10 Å². The molecule has 2 aromatic carbocycles. The summed E-state index contributed by atoms with van der Waals surface area (Å²) in [6, 6.07) is 15.9. The summed E-state index contributed by atoms with van der Waals surface area (Å²) in [6.07, 6.45) is 5.61. The Morgan fingerprint density at radius 1 is 1.00 bits per heavy atom. The van der Waals surface area contributed by atoms with E-state index in [4.69, 9.17) is 16.7 Å². The van der Waals surface area contributed by atoms with E-state index in [-0.39, 0.29) is 5.82 Å². The number of nitrogens with zero attached hydrogens (tertiary/aromatic N) is 3. The SMILES string of the molecule is Cc1cnccc1CNCc1cn(-c2ccc(F)cc2)nc1-c1ccccc1Cl. The summed E-state index contributed by atoms with van der Waals surface area (Å²) < 4.78 is 15.1. The molecular formula is C23H20ClFN4. The van der Waals surface area contributed by atoms with Crippen LogP contribution in [0.3, 0.4) is 0 Å². The average molecular weight is 407 g/mol. The molecular weight excluding hydrogens is 387 g/mol. The predicted octanol–water partition coefficient (Wildman–Crippen LogP) is 5.33. The van der Waals surface area contributed by atoms with Gasteiger partial charge in [0.2, 0.25) is 0 Å². The van der Waals surface area contributed by atoms with Gasteiger partial charge in [-0.1, -0.05) is 29.8 Å². The number of hydrogen-bond donors (Lipinski definition) is 1. The van der Waals surface area contributed by atoms with Crippen molar-refractivity contribution in [1.82, 2.24) is 20.1 Å². The second-order valence-corrected chi connectivity index (χ2v) is 7.22. The molecule has 0 atom stereocenters. The maximum absolute atomic E-state index is 13.3. The summed E-state index contributed by atoms with van der Waals surface area (Å²) in [6.45, 7) is 3.38. The highest BCUT2D eigenvalue weighted by Gasteiger charge is 2.15. The van der Waals surface area contributed by atoms with E-state index in [1.807, 2.05) is 49.6 Å². The van der Waals surface area contributed by atoms with E-state index in [9.17, 15) is 4.39 Å². The number of nitrogens with one attached hydrogen (secondary N) is 1. The molecule has 2 heterocycles. The Kier molecular flexibility index (Phi) is 5.69. The molecule has 0 amide bonds. The zero-order chi connectivity index (χ0) is 20.2. The smallest absolute Gasteiger partial charge is 0.123 e. The Bertz CT molecular complexity index is 1120. The van der Waals surface area contributed by atoms with E-state index < -0.39 is 0 Å². The molecule has 0 unspecified atom stereocenters. The largest absolute Gasteiger partial charge is 0.308 e. The summed E-state index contributed by atoms with van der Waals surface area (Å²) in [5, 5.41) is 8.86. The van der Waals surface area contributed by atoms with E-state index in [1.54, 1.807) is 23.0 Å². The monoisotopic (exact) mass is 406 g/mol. The van der Waals surface area contributed by atoms with Crippen molar-refractivity contribution in [3.05, 3.63) is 101 Å². The van der Waals surface area contributed by atoms with Crippen LogP contribution in [0.4, 0.5) is 4.39 Å². The zero-order valence-electron chi connectivity index (χ0n) is 15.9. The van der Waals surface area contributed by atoms with Crippen molar-refractivity contribution in [2.24, 2.45) is 0 Å². The summed E-state index contributed by atoms with van der Waals surface area (Å²) in [5.41, 5.74) is 5.81. The number of aromatic nitrogens is 3. The quantitative estimate of drug-likeness (QED) is 0.471. The minimum absolute atomic E-state index is 0.276. The van der Waals surface area contributed by atoms with Crippen molar-refractivity contribution in [1.29, 1.82) is 0 Å². The number of aryl methyl sites for hydroxylation is 1. The molecule has 146 valence electrons. The first-order valence-electron chi connectivity index (χ1n) is 9.31. The molecule has 29 heavy (non-hydrogen) atoms. The maximum Gasteiger partial charge on any atom is 0.123 e. The minimum Gasteiger partial charge on any atom is -0.308 e. The maximum atomic E-state index is 13.3. The molecule has 4 nitrogen and oxygen atoms in total. The molecule has 4 aromatic rings. The summed E-state index contributed by atoms with van der Waals surface area (Å²) in [7, 11) is 0. The summed E-state index contributed by atoms with van der Waals surface area (Å²) >= 11 is 6.43. The van der Waals surface area contributed by atoms with Gasteiger partial charge < -0.3 is 5.32 Å². The van der Waals surface area contributed by atoms with Crippen molar-refractivity contribution in [2.75, 3.05) is 0 Å². The molecule has 0 bridgehead atoms. The molecule has 0 aliphatic rings. The number of rotatable bonds is 6. The molecule has 4 rings (SSSR count). The number of benzene rings is 2.